The Labute approximate surface area is 96.5 Å². The summed E-state index contributed by atoms with van der Waals surface area (Å²) in [5.41, 5.74) is 5.46. The van der Waals surface area contributed by atoms with Crippen LogP contribution in [-0.4, -0.2) is 30.2 Å². The van der Waals surface area contributed by atoms with Crippen LogP contribution in [0.4, 0.5) is 0 Å². The zero-order valence-corrected chi connectivity index (χ0v) is 10.2. The summed E-state index contributed by atoms with van der Waals surface area (Å²) in [4.78, 5) is 11.7. The van der Waals surface area contributed by atoms with E-state index in [1.807, 2.05) is 13.8 Å². The van der Waals surface area contributed by atoms with Crippen molar-refractivity contribution in [1.29, 1.82) is 0 Å². The summed E-state index contributed by atoms with van der Waals surface area (Å²) in [6.07, 6.45) is 2.04. The lowest BCUT2D eigenvalue weighted by Gasteiger charge is -2.15. The molecule has 0 saturated carbocycles. The third-order valence-electron chi connectivity index (χ3n) is 1.91. The molecule has 0 aromatic heterocycles. The topological polar surface area (TPSA) is 64.3 Å². The Bertz CT molecular complexity index is 210. The van der Waals surface area contributed by atoms with Crippen molar-refractivity contribution in [3.63, 3.8) is 0 Å². The van der Waals surface area contributed by atoms with Crippen molar-refractivity contribution < 1.29 is 9.53 Å². The SMILES string of the molecule is CCCOCCC(=O)NC(CC)C(N)=S. The minimum absolute atomic E-state index is 0.0641. The van der Waals surface area contributed by atoms with E-state index in [0.29, 0.717) is 24.6 Å². The fourth-order valence-corrected chi connectivity index (χ4v) is 1.28. The summed E-state index contributed by atoms with van der Waals surface area (Å²) in [6.45, 7) is 5.10. The molecule has 0 saturated heterocycles. The van der Waals surface area contributed by atoms with Gasteiger partial charge in [-0.25, -0.2) is 0 Å². The lowest BCUT2D eigenvalue weighted by molar-refractivity contribution is -0.122. The fourth-order valence-electron chi connectivity index (χ4n) is 1.05. The fraction of sp³-hybridized carbons (Fsp3) is 0.800. The Morgan fingerprint density at radius 2 is 2.13 bits per heavy atom. The number of ether oxygens (including phenoxy) is 1. The monoisotopic (exact) mass is 232 g/mol. The number of carbonyl (C=O) groups excluding carboxylic acids is 1. The van der Waals surface area contributed by atoms with Crippen molar-refractivity contribution in [2.24, 2.45) is 5.73 Å². The van der Waals surface area contributed by atoms with Gasteiger partial charge in [0.1, 0.15) is 0 Å². The van der Waals surface area contributed by atoms with Crippen LogP contribution in [-0.2, 0) is 9.53 Å². The maximum Gasteiger partial charge on any atom is 0.222 e. The van der Waals surface area contributed by atoms with Gasteiger partial charge in [-0.1, -0.05) is 26.1 Å². The molecule has 15 heavy (non-hydrogen) atoms. The van der Waals surface area contributed by atoms with Gasteiger partial charge >= 0.3 is 0 Å². The van der Waals surface area contributed by atoms with Crippen LogP contribution in [0.1, 0.15) is 33.1 Å². The van der Waals surface area contributed by atoms with Gasteiger partial charge in [-0.3, -0.25) is 4.79 Å². The van der Waals surface area contributed by atoms with Gasteiger partial charge in [0.05, 0.1) is 17.6 Å². The number of carbonyl (C=O) groups is 1. The number of nitrogens with two attached hydrogens (primary N) is 1. The van der Waals surface area contributed by atoms with E-state index in [2.05, 4.69) is 5.32 Å². The normalized spacial score (nSPS) is 12.1. The molecule has 0 aromatic carbocycles. The summed E-state index contributed by atoms with van der Waals surface area (Å²) in [5, 5.41) is 2.76. The molecule has 0 fully saturated rings. The molecular formula is C10H20N2O2S. The maximum atomic E-state index is 11.4. The molecular weight excluding hydrogens is 212 g/mol. The third-order valence-corrected chi connectivity index (χ3v) is 2.19. The Balaban J connectivity index is 3.67. The summed E-state index contributed by atoms with van der Waals surface area (Å²) < 4.78 is 5.20. The van der Waals surface area contributed by atoms with Gasteiger partial charge in [0.15, 0.2) is 0 Å². The third kappa shape index (κ3) is 7.27. The zero-order chi connectivity index (χ0) is 11.7. The van der Waals surface area contributed by atoms with Crippen molar-refractivity contribution in [2.75, 3.05) is 13.2 Å². The molecule has 4 nitrogen and oxygen atoms in total. The van der Waals surface area contributed by atoms with Crippen LogP contribution in [0.15, 0.2) is 0 Å². The number of rotatable bonds is 8. The van der Waals surface area contributed by atoms with E-state index in [0.717, 1.165) is 12.8 Å². The smallest absolute Gasteiger partial charge is 0.222 e. The second-order valence-corrected chi connectivity index (χ2v) is 3.76. The second kappa shape index (κ2) is 8.61. The Kier molecular flexibility index (Phi) is 8.22. The molecule has 0 heterocycles. The highest BCUT2D eigenvalue weighted by Crippen LogP contribution is 1.93. The van der Waals surface area contributed by atoms with Crippen molar-refractivity contribution in [1.82, 2.24) is 5.32 Å². The van der Waals surface area contributed by atoms with Crippen molar-refractivity contribution >= 4 is 23.1 Å². The first-order valence-electron chi connectivity index (χ1n) is 5.28. The van der Waals surface area contributed by atoms with Crippen molar-refractivity contribution in [3.05, 3.63) is 0 Å². The number of thiocarbonyl (C=S) groups is 1. The molecule has 0 bridgehead atoms. The minimum atomic E-state index is -0.196. The number of nitrogens with one attached hydrogen (secondary N) is 1. The van der Waals surface area contributed by atoms with Gasteiger partial charge in [0.25, 0.3) is 0 Å². The molecule has 0 aromatic rings. The molecule has 0 aliphatic carbocycles. The minimum Gasteiger partial charge on any atom is -0.392 e. The predicted octanol–water partition coefficient (Wildman–Crippen LogP) is 0.984. The Hall–Kier alpha value is -0.680. The van der Waals surface area contributed by atoms with Crippen LogP contribution < -0.4 is 11.1 Å². The standard InChI is InChI=1S/C10H20N2O2S/c1-3-6-14-7-5-9(13)12-8(4-2)10(11)15/h8H,3-7H2,1-2H3,(H2,11,15)(H,12,13). The first kappa shape index (κ1) is 14.3. The van der Waals surface area contributed by atoms with Crippen LogP contribution in [0.2, 0.25) is 0 Å². The average Bonchev–Trinajstić information content (AvgIpc) is 2.20. The van der Waals surface area contributed by atoms with Crippen LogP contribution in [0.25, 0.3) is 0 Å². The lowest BCUT2D eigenvalue weighted by Crippen LogP contribution is -2.43. The van der Waals surface area contributed by atoms with Crippen molar-refractivity contribution in [2.45, 2.75) is 39.2 Å². The van der Waals surface area contributed by atoms with Gasteiger partial charge in [0, 0.05) is 13.0 Å². The van der Waals surface area contributed by atoms with Gasteiger partial charge in [-0.05, 0) is 12.8 Å². The van der Waals surface area contributed by atoms with Crippen LogP contribution in [0.5, 0.6) is 0 Å². The molecule has 1 amide bonds. The Morgan fingerprint density at radius 1 is 1.47 bits per heavy atom. The lowest BCUT2D eigenvalue weighted by atomic mass is 10.2. The van der Waals surface area contributed by atoms with Crippen LogP contribution in [0.3, 0.4) is 0 Å². The molecule has 88 valence electrons. The van der Waals surface area contributed by atoms with E-state index in [1.165, 1.54) is 0 Å². The summed E-state index contributed by atoms with van der Waals surface area (Å²) in [6, 6.07) is -0.196. The van der Waals surface area contributed by atoms with Gasteiger partial charge in [-0.2, -0.15) is 0 Å². The van der Waals surface area contributed by atoms with Gasteiger partial charge in [-0.15, -0.1) is 0 Å². The van der Waals surface area contributed by atoms with Gasteiger partial charge in [0.2, 0.25) is 5.91 Å². The average molecular weight is 232 g/mol. The van der Waals surface area contributed by atoms with E-state index >= 15 is 0 Å². The molecule has 1 unspecified atom stereocenters. The molecule has 3 N–H and O–H groups in total. The molecule has 1 atom stereocenters. The maximum absolute atomic E-state index is 11.4. The number of hydrogen-bond acceptors (Lipinski definition) is 3. The number of hydrogen-bond donors (Lipinski definition) is 2. The molecule has 0 radical (unpaired) electrons. The molecule has 0 aliphatic heterocycles. The molecule has 0 rings (SSSR count). The molecule has 0 spiro atoms. The van der Waals surface area contributed by atoms with Crippen molar-refractivity contribution in [3.8, 4) is 0 Å². The highest BCUT2D eigenvalue weighted by Gasteiger charge is 2.12. The molecule has 5 heteroatoms. The number of amides is 1. The van der Waals surface area contributed by atoms with E-state index in [1.54, 1.807) is 0 Å². The summed E-state index contributed by atoms with van der Waals surface area (Å²) >= 11 is 4.82. The van der Waals surface area contributed by atoms with E-state index in [9.17, 15) is 4.79 Å². The summed E-state index contributed by atoms with van der Waals surface area (Å²) in [5.74, 6) is -0.0641. The second-order valence-electron chi connectivity index (χ2n) is 3.29. The zero-order valence-electron chi connectivity index (χ0n) is 9.41. The van der Waals surface area contributed by atoms with Crippen LogP contribution in [0, 0.1) is 0 Å². The first-order valence-corrected chi connectivity index (χ1v) is 5.69. The van der Waals surface area contributed by atoms with Gasteiger partial charge < -0.3 is 15.8 Å². The van der Waals surface area contributed by atoms with E-state index in [-0.39, 0.29) is 11.9 Å². The van der Waals surface area contributed by atoms with Crippen LogP contribution >= 0.6 is 12.2 Å². The first-order chi connectivity index (χ1) is 7.11. The van der Waals surface area contributed by atoms with E-state index < -0.39 is 0 Å². The quantitative estimate of drug-likeness (QED) is 0.484. The predicted molar refractivity (Wildman–Crippen MR) is 64.7 cm³/mol. The highest BCUT2D eigenvalue weighted by atomic mass is 32.1. The van der Waals surface area contributed by atoms with E-state index in [4.69, 9.17) is 22.7 Å². The Morgan fingerprint density at radius 3 is 2.60 bits per heavy atom. The molecule has 0 aliphatic rings. The summed E-state index contributed by atoms with van der Waals surface area (Å²) in [7, 11) is 0. The highest BCUT2D eigenvalue weighted by molar-refractivity contribution is 7.80. The largest absolute Gasteiger partial charge is 0.392 e.